The van der Waals surface area contributed by atoms with Crippen LogP contribution in [0.25, 0.3) is 0 Å². The van der Waals surface area contributed by atoms with Crippen molar-refractivity contribution in [2.45, 2.75) is 25.4 Å². The number of urea groups is 1. The summed E-state index contributed by atoms with van der Waals surface area (Å²) in [4.78, 5) is 54.1. The molecule has 5 amide bonds. The van der Waals surface area contributed by atoms with Gasteiger partial charge in [-0.15, -0.1) is 11.3 Å². The molecular formula is C16H20N4O4S. The van der Waals surface area contributed by atoms with E-state index < -0.39 is 12.1 Å². The molecule has 1 unspecified atom stereocenters. The van der Waals surface area contributed by atoms with E-state index >= 15 is 0 Å². The van der Waals surface area contributed by atoms with Crippen molar-refractivity contribution in [1.82, 2.24) is 20.0 Å². The molecule has 1 aromatic heterocycles. The van der Waals surface area contributed by atoms with Crippen LogP contribution in [0.1, 0.15) is 26.5 Å². The van der Waals surface area contributed by atoms with Gasteiger partial charge in [0.1, 0.15) is 6.04 Å². The number of nitrogens with one attached hydrogen (secondary N) is 1. The summed E-state index contributed by atoms with van der Waals surface area (Å²) in [6.07, 6.45) is 0.670. The van der Waals surface area contributed by atoms with Crippen molar-refractivity contribution in [2.24, 2.45) is 0 Å². The van der Waals surface area contributed by atoms with Crippen LogP contribution in [-0.4, -0.2) is 72.2 Å². The molecule has 1 saturated heterocycles. The maximum Gasteiger partial charge on any atom is 0.326 e. The number of imide groups is 1. The topological polar surface area (TPSA) is 90.0 Å². The molecule has 0 radical (unpaired) electrons. The van der Waals surface area contributed by atoms with E-state index in [1.54, 1.807) is 11.9 Å². The second-order valence-corrected chi connectivity index (χ2v) is 7.35. The minimum atomic E-state index is -0.740. The van der Waals surface area contributed by atoms with Gasteiger partial charge in [-0.05, 0) is 18.1 Å². The van der Waals surface area contributed by atoms with Crippen molar-refractivity contribution in [3.05, 3.63) is 21.4 Å². The third-order valence-electron chi connectivity index (χ3n) is 4.71. The number of fused-ring (bicyclic) bond motifs is 1. The Bertz CT molecular complexity index is 759. The molecule has 1 aromatic rings. The standard InChI is InChI=1S/C16H20N4O4S/c1-17-14(22)12-6-9-8-20(5-4-11(9)25-12)13(21)7-10-15(23)19(3)16(24)18(10)2/h6,10H,4-5,7-8H2,1-3H3,(H,17,22). The second-order valence-electron chi connectivity index (χ2n) is 6.21. The summed E-state index contributed by atoms with van der Waals surface area (Å²) in [5.74, 6) is -0.639. The van der Waals surface area contributed by atoms with E-state index in [0.29, 0.717) is 24.4 Å². The zero-order valence-corrected chi connectivity index (χ0v) is 15.2. The molecule has 1 fully saturated rings. The Morgan fingerprint density at radius 3 is 2.64 bits per heavy atom. The SMILES string of the molecule is CNC(=O)c1cc2c(s1)CCN(C(=O)CC1C(=O)N(C)C(=O)N1C)C2. The van der Waals surface area contributed by atoms with Crippen molar-refractivity contribution in [3.63, 3.8) is 0 Å². The monoisotopic (exact) mass is 364 g/mol. The van der Waals surface area contributed by atoms with Crippen LogP contribution >= 0.6 is 11.3 Å². The summed E-state index contributed by atoms with van der Waals surface area (Å²) in [6.45, 7) is 0.976. The fourth-order valence-corrected chi connectivity index (χ4v) is 4.26. The molecule has 1 N–H and O–H groups in total. The van der Waals surface area contributed by atoms with Crippen LogP contribution in [0.2, 0.25) is 0 Å². The molecule has 3 rings (SSSR count). The number of amides is 5. The molecule has 2 aliphatic heterocycles. The molecule has 3 heterocycles. The van der Waals surface area contributed by atoms with Gasteiger partial charge in [0.25, 0.3) is 11.8 Å². The van der Waals surface area contributed by atoms with Crippen molar-refractivity contribution in [2.75, 3.05) is 27.7 Å². The van der Waals surface area contributed by atoms with E-state index in [9.17, 15) is 19.2 Å². The lowest BCUT2D eigenvalue weighted by atomic mass is 10.1. The van der Waals surface area contributed by atoms with Crippen LogP contribution in [0.5, 0.6) is 0 Å². The third kappa shape index (κ3) is 2.99. The van der Waals surface area contributed by atoms with Crippen LogP contribution in [0, 0.1) is 0 Å². The first kappa shape index (κ1) is 17.4. The molecule has 9 heteroatoms. The molecule has 25 heavy (non-hydrogen) atoms. The Hall–Kier alpha value is -2.42. The Morgan fingerprint density at radius 1 is 1.32 bits per heavy atom. The molecule has 0 spiro atoms. The highest BCUT2D eigenvalue weighted by Gasteiger charge is 2.42. The van der Waals surface area contributed by atoms with E-state index in [1.165, 1.54) is 30.3 Å². The van der Waals surface area contributed by atoms with Crippen LogP contribution in [0.3, 0.4) is 0 Å². The molecule has 2 aliphatic rings. The van der Waals surface area contributed by atoms with Crippen LogP contribution in [0.15, 0.2) is 6.07 Å². The maximum atomic E-state index is 12.6. The zero-order chi connectivity index (χ0) is 18.3. The summed E-state index contributed by atoms with van der Waals surface area (Å²) in [5, 5.41) is 2.60. The average Bonchev–Trinajstić information content (AvgIpc) is 3.12. The fourth-order valence-electron chi connectivity index (χ4n) is 3.15. The molecule has 134 valence electrons. The highest BCUT2D eigenvalue weighted by Crippen LogP contribution is 2.29. The third-order valence-corrected chi connectivity index (χ3v) is 5.95. The lowest BCUT2D eigenvalue weighted by Gasteiger charge is -2.28. The van der Waals surface area contributed by atoms with Gasteiger partial charge in [0.2, 0.25) is 5.91 Å². The van der Waals surface area contributed by atoms with Crippen LogP contribution < -0.4 is 5.32 Å². The molecule has 0 bridgehead atoms. The van der Waals surface area contributed by atoms with E-state index in [4.69, 9.17) is 0 Å². The minimum Gasteiger partial charge on any atom is -0.354 e. The quantitative estimate of drug-likeness (QED) is 0.780. The van der Waals surface area contributed by atoms with Crippen molar-refractivity contribution in [3.8, 4) is 0 Å². The van der Waals surface area contributed by atoms with Gasteiger partial charge in [0.15, 0.2) is 0 Å². The second kappa shape index (κ2) is 6.47. The van der Waals surface area contributed by atoms with Gasteiger partial charge in [-0.2, -0.15) is 0 Å². The number of rotatable bonds is 3. The Kier molecular flexibility index (Phi) is 4.51. The summed E-state index contributed by atoms with van der Waals surface area (Å²) >= 11 is 1.45. The van der Waals surface area contributed by atoms with Crippen molar-refractivity contribution in [1.29, 1.82) is 0 Å². The molecule has 0 aromatic carbocycles. The Labute approximate surface area is 149 Å². The fraction of sp³-hybridized carbons (Fsp3) is 0.500. The van der Waals surface area contributed by atoms with Gasteiger partial charge in [-0.3, -0.25) is 19.3 Å². The first-order valence-corrected chi connectivity index (χ1v) is 8.81. The largest absolute Gasteiger partial charge is 0.354 e. The number of thiophene rings is 1. The van der Waals surface area contributed by atoms with E-state index in [2.05, 4.69) is 5.32 Å². The predicted molar refractivity (Wildman–Crippen MR) is 91.2 cm³/mol. The van der Waals surface area contributed by atoms with Gasteiger partial charge < -0.3 is 15.1 Å². The number of likely N-dealkylation sites (N-methyl/N-ethyl adjacent to an activating group) is 2. The van der Waals surface area contributed by atoms with Gasteiger partial charge in [0, 0.05) is 39.1 Å². The highest BCUT2D eigenvalue weighted by atomic mass is 32.1. The van der Waals surface area contributed by atoms with Crippen LogP contribution in [-0.2, 0) is 22.6 Å². The van der Waals surface area contributed by atoms with Gasteiger partial charge in [-0.1, -0.05) is 0 Å². The molecule has 8 nitrogen and oxygen atoms in total. The number of hydrogen-bond acceptors (Lipinski definition) is 5. The lowest BCUT2D eigenvalue weighted by Crippen LogP contribution is -2.41. The number of nitrogens with zero attached hydrogens (tertiary/aromatic N) is 3. The Balaban J connectivity index is 1.69. The molecular weight excluding hydrogens is 344 g/mol. The number of carbonyl (C=O) groups excluding carboxylic acids is 4. The van der Waals surface area contributed by atoms with Gasteiger partial charge in [-0.25, -0.2) is 4.79 Å². The van der Waals surface area contributed by atoms with E-state index in [-0.39, 0.29) is 24.1 Å². The van der Waals surface area contributed by atoms with Crippen molar-refractivity contribution >= 4 is 35.1 Å². The Morgan fingerprint density at radius 2 is 2.04 bits per heavy atom. The van der Waals surface area contributed by atoms with Crippen LogP contribution in [0.4, 0.5) is 4.79 Å². The summed E-state index contributed by atoms with van der Waals surface area (Å²) in [5.41, 5.74) is 0.975. The average molecular weight is 364 g/mol. The smallest absolute Gasteiger partial charge is 0.326 e. The number of hydrogen-bond donors (Lipinski definition) is 1. The summed E-state index contributed by atoms with van der Waals surface area (Å²) in [7, 11) is 4.54. The normalized spacial score (nSPS) is 20.1. The summed E-state index contributed by atoms with van der Waals surface area (Å²) < 4.78 is 0. The molecule has 0 saturated carbocycles. The van der Waals surface area contributed by atoms with Crippen molar-refractivity contribution < 1.29 is 19.2 Å². The van der Waals surface area contributed by atoms with E-state index in [1.807, 2.05) is 6.07 Å². The van der Waals surface area contributed by atoms with Gasteiger partial charge >= 0.3 is 6.03 Å². The minimum absolute atomic E-state index is 0.0206. The van der Waals surface area contributed by atoms with E-state index in [0.717, 1.165) is 15.3 Å². The maximum absolute atomic E-state index is 12.6. The molecule has 1 atom stereocenters. The first-order chi connectivity index (χ1) is 11.8. The highest BCUT2D eigenvalue weighted by molar-refractivity contribution is 7.14. The molecule has 0 aliphatic carbocycles. The lowest BCUT2D eigenvalue weighted by molar-refractivity contribution is -0.137. The van der Waals surface area contributed by atoms with Gasteiger partial charge in [0.05, 0.1) is 11.3 Å². The zero-order valence-electron chi connectivity index (χ0n) is 14.4. The first-order valence-electron chi connectivity index (χ1n) is 7.99. The predicted octanol–water partition coefficient (Wildman–Crippen LogP) is 0.275. The summed E-state index contributed by atoms with van der Waals surface area (Å²) in [6, 6.07) is 0.690. The number of carbonyl (C=O) groups is 4.